The maximum absolute atomic E-state index is 13.4. The Bertz CT molecular complexity index is 1560. The quantitative estimate of drug-likeness (QED) is 0.120. The first kappa shape index (κ1) is 31.0. The number of hydrogen-bond donors (Lipinski definition) is 3. The van der Waals surface area contributed by atoms with Crippen molar-refractivity contribution in [3.05, 3.63) is 101 Å². The molecule has 0 bridgehead atoms. The van der Waals surface area contributed by atoms with Crippen LogP contribution in [0, 0.1) is 5.82 Å². The van der Waals surface area contributed by atoms with E-state index in [-0.39, 0.29) is 25.6 Å². The van der Waals surface area contributed by atoms with E-state index in [4.69, 9.17) is 31.2 Å². The van der Waals surface area contributed by atoms with Crippen LogP contribution >= 0.6 is 12.2 Å². The van der Waals surface area contributed by atoms with Crippen LogP contribution in [0.3, 0.4) is 0 Å². The Morgan fingerprint density at radius 2 is 1.86 bits per heavy atom. The lowest BCUT2D eigenvalue weighted by Crippen LogP contribution is -2.45. The lowest BCUT2D eigenvalue weighted by molar-refractivity contribution is -0.139. The lowest BCUT2D eigenvalue weighted by Gasteiger charge is -2.30. The number of hydrazone groups is 1. The van der Waals surface area contributed by atoms with Gasteiger partial charge in [-0.15, -0.1) is 0 Å². The molecule has 1 aliphatic rings. The van der Waals surface area contributed by atoms with Gasteiger partial charge in [0.05, 0.1) is 31.5 Å². The Labute approximate surface area is 253 Å². The van der Waals surface area contributed by atoms with Crippen LogP contribution in [0.5, 0.6) is 17.2 Å². The number of carbonyl (C=O) groups is 2. The molecule has 224 valence electrons. The molecule has 3 aromatic carbocycles. The largest absolute Gasteiger partial charge is 0.493 e. The number of benzene rings is 3. The van der Waals surface area contributed by atoms with Gasteiger partial charge in [-0.05, 0) is 73.6 Å². The van der Waals surface area contributed by atoms with Crippen molar-refractivity contribution in [3.8, 4) is 17.2 Å². The first-order valence-electron chi connectivity index (χ1n) is 13.3. The smallest absolute Gasteiger partial charge is 0.338 e. The second kappa shape index (κ2) is 14.8. The van der Waals surface area contributed by atoms with Crippen molar-refractivity contribution in [1.29, 1.82) is 0 Å². The van der Waals surface area contributed by atoms with Crippen molar-refractivity contribution in [2.75, 3.05) is 20.3 Å². The first-order valence-corrected chi connectivity index (χ1v) is 13.7. The summed E-state index contributed by atoms with van der Waals surface area (Å²) in [5.41, 5.74) is 5.29. The number of carbonyl (C=O) groups excluding carboxylic acids is 2. The Kier molecular flexibility index (Phi) is 10.6. The van der Waals surface area contributed by atoms with E-state index in [1.807, 2.05) is 0 Å². The van der Waals surface area contributed by atoms with E-state index in [0.717, 1.165) is 0 Å². The number of rotatable bonds is 12. The van der Waals surface area contributed by atoms with Crippen LogP contribution in [0.1, 0.15) is 36.6 Å². The van der Waals surface area contributed by atoms with Crippen molar-refractivity contribution in [3.63, 3.8) is 0 Å². The van der Waals surface area contributed by atoms with E-state index < -0.39 is 17.9 Å². The number of hydrogen-bond acceptors (Lipinski definition) is 8. The molecule has 4 rings (SSSR count). The lowest BCUT2D eigenvalue weighted by atomic mass is 9.95. The summed E-state index contributed by atoms with van der Waals surface area (Å²) in [4.78, 5) is 25.2. The SMILES string of the molecule is CCOC(=O)C1=C(C)NC(=S)N[C@@H]1c1ccccc1OCC(=O)NN=Cc1ccc(OCc2cccc(F)c2)c(OC)c1. The standard InChI is InChI=1S/C31H31FN4O6S/c1-4-40-30(38)28-19(2)34-31(43)35-29(28)23-10-5-6-11-24(23)42-18-27(37)36-33-16-20-12-13-25(26(15-20)39-3)41-17-21-8-7-9-22(32)14-21/h5-16,29H,4,17-18H2,1-3H3,(H,36,37)(H2,34,35,43)/t29-/m1/s1. The molecule has 0 saturated carbocycles. The van der Waals surface area contributed by atoms with E-state index in [2.05, 4.69) is 21.2 Å². The summed E-state index contributed by atoms with van der Waals surface area (Å²) in [5, 5.41) is 10.4. The van der Waals surface area contributed by atoms with E-state index in [1.165, 1.54) is 25.5 Å². The predicted molar refractivity (Wildman–Crippen MR) is 162 cm³/mol. The van der Waals surface area contributed by atoms with Crippen LogP contribution < -0.4 is 30.3 Å². The molecule has 0 spiro atoms. The number of amides is 1. The van der Waals surface area contributed by atoms with Gasteiger partial charge in [-0.25, -0.2) is 14.6 Å². The van der Waals surface area contributed by atoms with Crippen LogP contribution in [0.4, 0.5) is 4.39 Å². The number of nitrogens with zero attached hydrogens (tertiary/aromatic N) is 1. The molecule has 43 heavy (non-hydrogen) atoms. The Hall–Kier alpha value is -4.97. The maximum atomic E-state index is 13.4. The van der Waals surface area contributed by atoms with Crippen LogP contribution in [0.15, 0.2) is 83.1 Å². The van der Waals surface area contributed by atoms with Gasteiger partial charge in [0, 0.05) is 11.3 Å². The molecule has 10 nitrogen and oxygen atoms in total. The minimum atomic E-state index is -0.638. The molecule has 3 N–H and O–H groups in total. The van der Waals surface area contributed by atoms with Gasteiger partial charge >= 0.3 is 5.97 Å². The highest BCUT2D eigenvalue weighted by molar-refractivity contribution is 7.80. The fourth-order valence-electron chi connectivity index (χ4n) is 4.28. The zero-order valence-corrected chi connectivity index (χ0v) is 24.6. The average molecular weight is 607 g/mol. The normalized spacial score (nSPS) is 14.5. The highest BCUT2D eigenvalue weighted by atomic mass is 32.1. The third-order valence-corrected chi connectivity index (χ3v) is 6.45. The third kappa shape index (κ3) is 8.29. The van der Waals surface area contributed by atoms with Gasteiger partial charge < -0.3 is 29.6 Å². The zero-order chi connectivity index (χ0) is 30.8. The number of allylic oxidation sites excluding steroid dienone is 1. The van der Waals surface area contributed by atoms with E-state index in [0.29, 0.717) is 50.3 Å². The fourth-order valence-corrected chi connectivity index (χ4v) is 4.55. The number of methoxy groups -OCH3 is 1. The minimum absolute atomic E-state index is 0.168. The van der Waals surface area contributed by atoms with Crippen molar-refractivity contribution in [2.45, 2.75) is 26.5 Å². The van der Waals surface area contributed by atoms with E-state index in [1.54, 1.807) is 68.4 Å². The van der Waals surface area contributed by atoms with Crippen LogP contribution in [0.2, 0.25) is 0 Å². The molecule has 1 heterocycles. The molecule has 12 heteroatoms. The maximum Gasteiger partial charge on any atom is 0.338 e. The molecule has 0 saturated heterocycles. The highest BCUT2D eigenvalue weighted by Crippen LogP contribution is 2.33. The number of ether oxygens (including phenoxy) is 4. The molecule has 0 unspecified atom stereocenters. The number of para-hydroxylation sites is 1. The van der Waals surface area contributed by atoms with Gasteiger partial charge in [0.15, 0.2) is 23.2 Å². The molecule has 0 radical (unpaired) electrons. The Morgan fingerprint density at radius 3 is 2.63 bits per heavy atom. The average Bonchev–Trinajstić information content (AvgIpc) is 2.99. The molecular formula is C31H31FN4O6S. The van der Waals surface area contributed by atoms with Crippen LogP contribution in [-0.2, 0) is 20.9 Å². The summed E-state index contributed by atoms with van der Waals surface area (Å²) in [6, 6.07) is 17.7. The summed E-state index contributed by atoms with van der Waals surface area (Å²) in [6.45, 7) is 3.52. The summed E-state index contributed by atoms with van der Waals surface area (Å²) in [6.07, 6.45) is 1.45. The van der Waals surface area contributed by atoms with E-state index >= 15 is 0 Å². The number of esters is 1. The Balaban J connectivity index is 1.37. The van der Waals surface area contributed by atoms with Crippen molar-refractivity contribution >= 4 is 35.4 Å². The van der Waals surface area contributed by atoms with Crippen molar-refractivity contribution < 1.29 is 32.9 Å². The Morgan fingerprint density at radius 1 is 1.05 bits per heavy atom. The molecule has 0 aliphatic carbocycles. The summed E-state index contributed by atoms with van der Waals surface area (Å²) >= 11 is 5.31. The van der Waals surface area contributed by atoms with Gasteiger partial charge in [-0.3, -0.25) is 4.79 Å². The molecule has 1 aliphatic heterocycles. The van der Waals surface area contributed by atoms with Gasteiger partial charge in [0.25, 0.3) is 5.91 Å². The monoisotopic (exact) mass is 606 g/mol. The predicted octanol–water partition coefficient (Wildman–Crippen LogP) is 4.30. The van der Waals surface area contributed by atoms with Crippen molar-refractivity contribution in [1.82, 2.24) is 16.1 Å². The zero-order valence-electron chi connectivity index (χ0n) is 23.8. The third-order valence-electron chi connectivity index (χ3n) is 6.23. The molecule has 1 amide bonds. The van der Waals surface area contributed by atoms with Crippen LogP contribution in [-0.4, -0.2) is 43.5 Å². The van der Waals surface area contributed by atoms with E-state index in [9.17, 15) is 14.0 Å². The minimum Gasteiger partial charge on any atom is -0.493 e. The fraction of sp³-hybridized carbons (Fsp3) is 0.226. The summed E-state index contributed by atoms with van der Waals surface area (Å²) in [5.74, 6) is -0.0206. The second-order valence-corrected chi connectivity index (χ2v) is 9.65. The van der Waals surface area contributed by atoms with Gasteiger partial charge in [0.2, 0.25) is 0 Å². The molecule has 3 aromatic rings. The highest BCUT2D eigenvalue weighted by Gasteiger charge is 2.32. The van der Waals surface area contributed by atoms with Gasteiger partial charge in [0.1, 0.15) is 18.2 Å². The summed E-state index contributed by atoms with van der Waals surface area (Å²) < 4.78 is 35.7. The number of halogens is 1. The molecule has 1 atom stereocenters. The number of thiocarbonyl (C=S) groups is 1. The molecule has 0 aromatic heterocycles. The molecular weight excluding hydrogens is 575 g/mol. The van der Waals surface area contributed by atoms with Gasteiger partial charge in [-0.2, -0.15) is 5.10 Å². The number of nitrogens with one attached hydrogen (secondary N) is 3. The van der Waals surface area contributed by atoms with Gasteiger partial charge in [-0.1, -0.05) is 30.3 Å². The van der Waals surface area contributed by atoms with Crippen molar-refractivity contribution in [2.24, 2.45) is 5.10 Å². The summed E-state index contributed by atoms with van der Waals surface area (Å²) in [7, 11) is 1.50. The topological polar surface area (TPSA) is 120 Å². The molecule has 0 fully saturated rings. The second-order valence-electron chi connectivity index (χ2n) is 9.24. The van der Waals surface area contributed by atoms with Crippen LogP contribution in [0.25, 0.3) is 0 Å². The first-order chi connectivity index (χ1) is 20.8.